The second-order valence-electron chi connectivity index (χ2n) is 6.49. The van der Waals surface area contributed by atoms with Crippen molar-refractivity contribution in [3.05, 3.63) is 58.3 Å². The summed E-state index contributed by atoms with van der Waals surface area (Å²) in [6.45, 7) is 1.66. The predicted molar refractivity (Wildman–Crippen MR) is 108 cm³/mol. The molecule has 148 valence electrons. The van der Waals surface area contributed by atoms with Crippen molar-refractivity contribution in [2.75, 3.05) is 25.6 Å². The second kappa shape index (κ2) is 9.66. The number of esters is 1. The molecule has 1 fully saturated rings. The standard InChI is InChI=1S/C20H22BrN3O4/c1-27-19(25)15-6-7-18(17(21)10-15)23-20(26)24(13-16-5-3-9-28-16)12-14-4-2-8-22-11-14/h2,4,6-8,10-11,16H,3,5,9,12-13H2,1H3,(H,23,26)/t16-/m1/s1. The second-order valence-corrected chi connectivity index (χ2v) is 7.35. The fourth-order valence-corrected chi connectivity index (χ4v) is 3.50. The molecule has 28 heavy (non-hydrogen) atoms. The number of carbonyl (C=O) groups excluding carboxylic acids is 2. The van der Waals surface area contributed by atoms with E-state index in [1.54, 1.807) is 35.5 Å². The van der Waals surface area contributed by atoms with E-state index < -0.39 is 5.97 Å². The highest BCUT2D eigenvalue weighted by Crippen LogP contribution is 2.25. The van der Waals surface area contributed by atoms with Crippen molar-refractivity contribution in [3.8, 4) is 0 Å². The summed E-state index contributed by atoms with van der Waals surface area (Å²) < 4.78 is 11.0. The Morgan fingerprint density at radius 2 is 2.25 bits per heavy atom. The Morgan fingerprint density at radius 3 is 2.89 bits per heavy atom. The summed E-state index contributed by atoms with van der Waals surface area (Å²) >= 11 is 3.40. The van der Waals surface area contributed by atoms with Crippen molar-refractivity contribution in [2.24, 2.45) is 0 Å². The molecule has 8 heteroatoms. The lowest BCUT2D eigenvalue weighted by molar-refractivity contribution is 0.0600. The number of pyridine rings is 1. The number of hydrogen-bond donors (Lipinski definition) is 1. The normalized spacial score (nSPS) is 15.9. The van der Waals surface area contributed by atoms with E-state index in [0.29, 0.717) is 28.8 Å². The average Bonchev–Trinajstić information content (AvgIpc) is 3.22. The summed E-state index contributed by atoms with van der Waals surface area (Å²) in [5, 5.41) is 2.90. The Labute approximate surface area is 172 Å². The zero-order valence-electron chi connectivity index (χ0n) is 15.6. The van der Waals surface area contributed by atoms with Crippen LogP contribution in [0.15, 0.2) is 47.2 Å². The number of benzene rings is 1. The highest BCUT2D eigenvalue weighted by Gasteiger charge is 2.23. The van der Waals surface area contributed by atoms with Crippen molar-refractivity contribution in [3.63, 3.8) is 0 Å². The molecule has 1 aliphatic rings. The summed E-state index contributed by atoms with van der Waals surface area (Å²) in [6, 6.07) is 8.43. The third-order valence-electron chi connectivity index (χ3n) is 4.46. The molecule has 1 N–H and O–H groups in total. The van der Waals surface area contributed by atoms with Crippen LogP contribution in [0.2, 0.25) is 0 Å². The lowest BCUT2D eigenvalue weighted by Gasteiger charge is -2.26. The number of amides is 2. The van der Waals surface area contributed by atoms with Crippen LogP contribution in [0.1, 0.15) is 28.8 Å². The van der Waals surface area contributed by atoms with Gasteiger partial charge in [-0.3, -0.25) is 4.98 Å². The number of ether oxygens (including phenoxy) is 2. The highest BCUT2D eigenvalue weighted by atomic mass is 79.9. The molecule has 0 aliphatic carbocycles. The number of nitrogens with zero attached hydrogens (tertiary/aromatic N) is 2. The Hall–Kier alpha value is -2.45. The number of rotatable bonds is 6. The fourth-order valence-electron chi connectivity index (χ4n) is 3.02. The van der Waals surface area contributed by atoms with Crippen LogP contribution in [-0.4, -0.2) is 48.2 Å². The number of halogens is 1. The minimum atomic E-state index is -0.435. The SMILES string of the molecule is COC(=O)c1ccc(NC(=O)N(Cc2cccnc2)C[C@H]2CCCO2)c(Br)c1. The monoisotopic (exact) mass is 447 g/mol. The summed E-state index contributed by atoms with van der Waals surface area (Å²) in [4.78, 5) is 30.4. The predicted octanol–water partition coefficient (Wildman–Crippen LogP) is 3.84. The molecule has 1 atom stereocenters. The summed E-state index contributed by atoms with van der Waals surface area (Å²) in [7, 11) is 1.33. The molecule has 0 radical (unpaired) electrons. The van der Waals surface area contributed by atoms with Gasteiger partial charge in [-0.2, -0.15) is 0 Å². The van der Waals surface area contributed by atoms with Gasteiger partial charge in [-0.25, -0.2) is 9.59 Å². The Kier molecular flexibility index (Phi) is 7.00. The summed E-state index contributed by atoms with van der Waals surface area (Å²) in [6.07, 6.45) is 5.43. The maximum absolute atomic E-state index is 13.0. The van der Waals surface area contributed by atoms with Crippen LogP contribution in [0.4, 0.5) is 10.5 Å². The van der Waals surface area contributed by atoms with Gasteiger partial charge in [0.15, 0.2) is 0 Å². The zero-order chi connectivity index (χ0) is 19.9. The van der Waals surface area contributed by atoms with Crippen LogP contribution < -0.4 is 5.32 Å². The molecular formula is C20H22BrN3O4. The maximum atomic E-state index is 13.0. The fraction of sp³-hybridized carbons (Fsp3) is 0.350. The number of aromatic nitrogens is 1. The van der Waals surface area contributed by atoms with E-state index in [4.69, 9.17) is 9.47 Å². The first-order valence-corrected chi connectivity index (χ1v) is 9.80. The van der Waals surface area contributed by atoms with Gasteiger partial charge in [0.05, 0.1) is 24.5 Å². The largest absolute Gasteiger partial charge is 0.465 e. The minimum Gasteiger partial charge on any atom is -0.465 e. The van der Waals surface area contributed by atoms with Crippen LogP contribution >= 0.6 is 15.9 Å². The number of methoxy groups -OCH3 is 1. The molecule has 7 nitrogen and oxygen atoms in total. The van der Waals surface area contributed by atoms with Gasteiger partial charge in [0.25, 0.3) is 0 Å². The van der Waals surface area contributed by atoms with E-state index >= 15 is 0 Å². The van der Waals surface area contributed by atoms with Gasteiger partial charge < -0.3 is 19.7 Å². The van der Waals surface area contributed by atoms with E-state index in [2.05, 4.69) is 26.2 Å². The van der Waals surface area contributed by atoms with Gasteiger partial charge in [0.1, 0.15) is 0 Å². The molecule has 1 aromatic carbocycles. The summed E-state index contributed by atoms with van der Waals surface area (Å²) in [5.41, 5.74) is 1.91. The lowest BCUT2D eigenvalue weighted by atomic mass is 10.2. The number of urea groups is 1. The molecule has 0 unspecified atom stereocenters. The van der Waals surface area contributed by atoms with E-state index in [1.165, 1.54) is 7.11 Å². The van der Waals surface area contributed by atoms with E-state index in [0.717, 1.165) is 25.0 Å². The molecular weight excluding hydrogens is 426 g/mol. The van der Waals surface area contributed by atoms with Gasteiger partial charge in [0, 0.05) is 36.6 Å². The van der Waals surface area contributed by atoms with Gasteiger partial charge in [0.2, 0.25) is 0 Å². The third kappa shape index (κ3) is 5.30. The van der Waals surface area contributed by atoms with Crippen molar-refractivity contribution >= 4 is 33.6 Å². The number of hydrogen-bond acceptors (Lipinski definition) is 5. The van der Waals surface area contributed by atoms with Crippen LogP contribution in [0.25, 0.3) is 0 Å². The van der Waals surface area contributed by atoms with E-state index in [-0.39, 0.29) is 12.1 Å². The van der Waals surface area contributed by atoms with Gasteiger partial charge in [-0.05, 0) is 58.6 Å². The number of carbonyl (C=O) groups is 2. The Morgan fingerprint density at radius 1 is 1.39 bits per heavy atom. The smallest absolute Gasteiger partial charge is 0.337 e. The van der Waals surface area contributed by atoms with Crippen molar-refractivity contribution in [1.82, 2.24) is 9.88 Å². The molecule has 2 amide bonds. The van der Waals surface area contributed by atoms with Crippen molar-refractivity contribution in [2.45, 2.75) is 25.5 Å². The maximum Gasteiger partial charge on any atom is 0.337 e. The van der Waals surface area contributed by atoms with Crippen LogP contribution in [0.3, 0.4) is 0 Å². The first-order valence-electron chi connectivity index (χ1n) is 9.01. The molecule has 1 aromatic heterocycles. The average molecular weight is 448 g/mol. The number of nitrogens with one attached hydrogen (secondary N) is 1. The van der Waals surface area contributed by atoms with E-state index in [1.807, 2.05) is 12.1 Å². The molecule has 2 heterocycles. The Bertz CT molecular complexity index is 825. The van der Waals surface area contributed by atoms with Crippen LogP contribution in [0.5, 0.6) is 0 Å². The molecule has 0 spiro atoms. The Balaban J connectivity index is 1.73. The highest BCUT2D eigenvalue weighted by molar-refractivity contribution is 9.10. The topological polar surface area (TPSA) is 80.8 Å². The van der Waals surface area contributed by atoms with Crippen LogP contribution in [-0.2, 0) is 16.0 Å². The van der Waals surface area contributed by atoms with Crippen molar-refractivity contribution < 1.29 is 19.1 Å². The first-order chi connectivity index (χ1) is 13.6. The molecule has 3 rings (SSSR count). The van der Waals surface area contributed by atoms with Crippen LogP contribution in [0, 0.1) is 0 Å². The quantitative estimate of drug-likeness (QED) is 0.680. The molecule has 1 aliphatic heterocycles. The molecule has 0 bridgehead atoms. The minimum absolute atomic E-state index is 0.0348. The first kappa shape index (κ1) is 20.3. The number of anilines is 1. The van der Waals surface area contributed by atoms with Gasteiger partial charge >= 0.3 is 12.0 Å². The zero-order valence-corrected chi connectivity index (χ0v) is 17.1. The lowest BCUT2D eigenvalue weighted by Crippen LogP contribution is -2.39. The summed E-state index contributed by atoms with van der Waals surface area (Å²) in [5.74, 6) is -0.435. The third-order valence-corrected chi connectivity index (χ3v) is 5.12. The van der Waals surface area contributed by atoms with Gasteiger partial charge in [-0.15, -0.1) is 0 Å². The molecule has 0 saturated carbocycles. The van der Waals surface area contributed by atoms with Crippen molar-refractivity contribution in [1.29, 1.82) is 0 Å². The molecule has 1 saturated heterocycles. The van der Waals surface area contributed by atoms with E-state index in [9.17, 15) is 9.59 Å². The van der Waals surface area contributed by atoms with Gasteiger partial charge in [-0.1, -0.05) is 6.07 Å². The molecule has 2 aromatic rings.